The van der Waals surface area contributed by atoms with Gasteiger partial charge in [0, 0.05) is 17.3 Å². The van der Waals surface area contributed by atoms with Crippen LogP contribution in [0.5, 0.6) is 17.2 Å². The molecule has 2 heterocycles. The van der Waals surface area contributed by atoms with Crippen molar-refractivity contribution in [3.8, 4) is 17.2 Å². The number of carbonyl (C=O) groups excluding carboxylic acids is 1. The lowest BCUT2D eigenvalue weighted by Gasteiger charge is -2.27. The Morgan fingerprint density at radius 3 is 2.80 bits per heavy atom. The van der Waals surface area contributed by atoms with E-state index in [1.807, 2.05) is 12.1 Å². The van der Waals surface area contributed by atoms with Gasteiger partial charge in [0.2, 0.25) is 6.79 Å². The zero-order valence-electron chi connectivity index (χ0n) is 14.3. The maximum atomic E-state index is 12.5. The smallest absolute Gasteiger partial charge is 0.255 e. The maximum Gasteiger partial charge on any atom is 0.255 e. The minimum atomic E-state index is -0.0384. The van der Waals surface area contributed by atoms with Gasteiger partial charge in [-0.3, -0.25) is 4.79 Å². The van der Waals surface area contributed by atoms with E-state index in [9.17, 15) is 4.79 Å². The highest BCUT2D eigenvalue weighted by Gasteiger charge is 2.35. The van der Waals surface area contributed by atoms with Crippen LogP contribution in [0.4, 0.5) is 0 Å². The first-order valence-corrected chi connectivity index (χ1v) is 9.03. The highest BCUT2D eigenvalue weighted by atomic mass is 16.7. The molecule has 0 radical (unpaired) electrons. The van der Waals surface area contributed by atoms with Crippen LogP contribution in [0.2, 0.25) is 0 Å². The zero-order valence-corrected chi connectivity index (χ0v) is 14.3. The molecule has 0 saturated heterocycles. The molecule has 0 bridgehead atoms. The van der Waals surface area contributed by atoms with E-state index in [1.54, 1.807) is 7.11 Å². The Morgan fingerprint density at radius 1 is 1.16 bits per heavy atom. The van der Waals surface area contributed by atoms with Crippen LogP contribution in [-0.2, 0) is 6.54 Å². The predicted molar refractivity (Wildman–Crippen MR) is 93.6 cm³/mol. The number of benzene rings is 2. The normalized spacial score (nSPS) is 19.2. The van der Waals surface area contributed by atoms with Crippen LogP contribution in [0.1, 0.15) is 59.5 Å². The summed E-state index contributed by atoms with van der Waals surface area (Å²) >= 11 is 0. The molecule has 5 heteroatoms. The van der Waals surface area contributed by atoms with E-state index in [2.05, 4.69) is 5.32 Å². The lowest BCUT2D eigenvalue weighted by atomic mass is 9.78. The standard InChI is InChI=1S/C20H21NO4/c1-23-18-12-7-8-14-19(25-10-24-14)16(12)15(11-5-3-2-4-6-11)13-9-21-20(22)17(13)18/h7-8,11H,2-6,9-10H2,1H3,(H,21,22). The molecule has 0 aromatic heterocycles. The molecule has 25 heavy (non-hydrogen) atoms. The number of fused-ring (bicyclic) bond motifs is 4. The first kappa shape index (κ1) is 14.9. The van der Waals surface area contributed by atoms with Crippen LogP contribution in [0.25, 0.3) is 10.8 Å². The Labute approximate surface area is 146 Å². The molecule has 1 saturated carbocycles. The third-order valence-electron chi connectivity index (χ3n) is 5.78. The van der Waals surface area contributed by atoms with E-state index >= 15 is 0 Å². The summed E-state index contributed by atoms with van der Waals surface area (Å²) in [5.41, 5.74) is 3.06. The number of carbonyl (C=O) groups is 1. The Balaban J connectivity index is 1.89. The van der Waals surface area contributed by atoms with Crippen molar-refractivity contribution in [1.29, 1.82) is 0 Å². The SMILES string of the molecule is COc1c2c(c(C3CCCCC3)c3c4c(ccc13)OCO4)CNC2=O. The first-order valence-electron chi connectivity index (χ1n) is 9.03. The van der Waals surface area contributed by atoms with Gasteiger partial charge in [-0.05, 0) is 42.0 Å². The highest BCUT2D eigenvalue weighted by Crippen LogP contribution is 2.51. The third kappa shape index (κ3) is 2.04. The molecule has 0 atom stereocenters. The fraction of sp³-hybridized carbons (Fsp3) is 0.450. The number of amides is 1. The minimum absolute atomic E-state index is 0.0384. The average molecular weight is 339 g/mol. The zero-order chi connectivity index (χ0) is 17.0. The van der Waals surface area contributed by atoms with Crippen LogP contribution in [0.15, 0.2) is 12.1 Å². The molecule has 1 fully saturated rings. The van der Waals surface area contributed by atoms with Gasteiger partial charge >= 0.3 is 0 Å². The van der Waals surface area contributed by atoms with E-state index in [0.29, 0.717) is 23.8 Å². The van der Waals surface area contributed by atoms with Gasteiger partial charge in [-0.1, -0.05) is 19.3 Å². The first-order chi connectivity index (χ1) is 12.3. The molecule has 0 unspecified atom stereocenters. The fourth-order valence-electron chi connectivity index (χ4n) is 4.72. The fourth-order valence-corrected chi connectivity index (χ4v) is 4.72. The summed E-state index contributed by atoms with van der Waals surface area (Å²) in [5, 5.41) is 5.02. The largest absolute Gasteiger partial charge is 0.495 e. The summed E-state index contributed by atoms with van der Waals surface area (Å²) in [5.74, 6) is 2.66. The topological polar surface area (TPSA) is 56.8 Å². The number of ether oxygens (including phenoxy) is 3. The van der Waals surface area contributed by atoms with E-state index in [-0.39, 0.29) is 12.7 Å². The molecule has 130 valence electrons. The molecule has 2 aliphatic heterocycles. The van der Waals surface area contributed by atoms with E-state index < -0.39 is 0 Å². The molecule has 3 aliphatic rings. The van der Waals surface area contributed by atoms with Crippen molar-refractivity contribution in [1.82, 2.24) is 5.32 Å². The summed E-state index contributed by atoms with van der Waals surface area (Å²) in [4.78, 5) is 12.5. The number of rotatable bonds is 2. The van der Waals surface area contributed by atoms with Gasteiger partial charge in [0.15, 0.2) is 11.5 Å². The van der Waals surface area contributed by atoms with E-state index in [4.69, 9.17) is 14.2 Å². The van der Waals surface area contributed by atoms with Crippen LogP contribution in [0, 0.1) is 0 Å². The van der Waals surface area contributed by atoms with Crippen molar-refractivity contribution < 1.29 is 19.0 Å². The van der Waals surface area contributed by atoms with Gasteiger partial charge in [0.25, 0.3) is 5.91 Å². The number of nitrogens with one attached hydrogen (secondary N) is 1. The van der Waals surface area contributed by atoms with Gasteiger partial charge in [-0.15, -0.1) is 0 Å². The van der Waals surface area contributed by atoms with Crippen molar-refractivity contribution in [3.05, 3.63) is 28.8 Å². The van der Waals surface area contributed by atoms with Gasteiger partial charge in [-0.2, -0.15) is 0 Å². The molecule has 0 spiro atoms. The minimum Gasteiger partial charge on any atom is -0.495 e. The summed E-state index contributed by atoms with van der Waals surface area (Å²) in [7, 11) is 1.63. The lowest BCUT2D eigenvalue weighted by Crippen LogP contribution is -2.13. The molecule has 1 aliphatic carbocycles. The third-order valence-corrected chi connectivity index (χ3v) is 5.78. The Kier molecular flexibility index (Phi) is 3.30. The van der Waals surface area contributed by atoms with Gasteiger partial charge < -0.3 is 19.5 Å². The maximum absolute atomic E-state index is 12.5. The Bertz CT molecular complexity index is 883. The molecule has 5 rings (SSSR count). The molecule has 2 aromatic carbocycles. The van der Waals surface area contributed by atoms with E-state index in [0.717, 1.165) is 40.7 Å². The lowest BCUT2D eigenvalue weighted by molar-refractivity contribution is 0.0963. The van der Waals surface area contributed by atoms with Crippen LogP contribution >= 0.6 is 0 Å². The second-order valence-electron chi connectivity index (χ2n) is 7.04. The number of hydrogen-bond donors (Lipinski definition) is 1. The second kappa shape index (κ2) is 5.55. The van der Waals surface area contributed by atoms with Crippen molar-refractivity contribution >= 4 is 16.7 Å². The average Bonchev–Trinajstić information content (AvgIpc) is 3.27. The summed E-state index contributed by atoms with van der Waals surface area (Å²) in [6, 6.07) is 3.91. The van der Waals surface area contributed by atoms with Crippen molar-refractivity contribution in [3.63, 3.8) is 0 Å². The molecule has 5 nitrogen and oxygen atoms in total. The van der Waals surface area contributed by atoms with Gasteiger partial charge in [0.1, 0.15) is 5.75 Å². The summed E-state index contributed by atoms with van der Waals surface area (Å²) in [6.07, 6.45) is 6.09. The molecular weight excluding hydrogens is 318 g/mol. The monoisotopic (exact) mass is 339 g/mol. The van der Waals surface area contributed by atoms with Crippen molar-refractivity contribution in [2.24, 2.45) is 0 Å². The quantitative estimate of drug-likeness (QED) is 0.902. The van der Waals surface area contributed by atoms with Crippen molar-refractivity contribution in [2.45, 2.75) is 44.6 Å². The molecular formula is C20H21NO4. The Hall–Kier alpha value is -2.43. The molecule has 2 aromatic rings. The van der Waals surface area contributed by atoms with E-state index in [1.165, 1.54) is 24.8 Å². The second-order valence-corrected chi connectivity index (χ2v) is 7.04. The van der Waals surface area contributed by atoms with Crippen LogP contribution in [-0.4, -0.2) is 19.8 Å². The number of hydrogen-bond acceptors (Lipinski definition) is 4. The van der Waals surface area contributed by atoms with Crippen LogP contribution in [0.3, 0.4) is 0 Å². The molecule has 1 amide bonds. The van der Waals surface area contributed by atoms with Crippen molar-refractivity contribution in [2.75, 3.05) is 13.9 Å². The van der Waals surface area contributed by atoms with Crippen LogP contribution < -0.4 is 19.5 Å². The number of methoxy groups -OCH3 is 1. The molecule has 1 N–H and O–H groups in total. The summed E-state index contributed by atoms with van der Waals surface area (Å²) in [6.45, 7) is 0.811. The predicted octanol–water partition coefficient (Wildman–Crippen LogP) is 3.87. The Morgan fingerprint density at radius 2 is 2.00 bits per heavy atom. The van der Waals surface area contributed by atoms with Gasteiger partial charge in [0.05, 0.1) is 12.7 Å². The highest BCUT2D eigenvalue weighted by molar-refractivity contribution is 6.10. The van der Waals surface area contributed by atoms with Gasteiger partial charge in [-0.25, -0.2) is 0 Å². The summed E-state index contributed by atoms with van der Waals surface area (Å²) < 4.78 is 17.1.